The van der Waals surface area contributed by atoms with E-state index >= 15 is 0 Å². The third kappa shape index (κ3) is 448. The molecule has 0 aliphatic heterocycles. The van der Waals surface area contributed by atoms with E-state index in [1.807, 2.05) is 0 Å². The molecule has 0 aromatic rings. The van der Waals surface area contributed by atoms with E-state index in [9.17, 15) is 0 Å². The van der Waals surface area contributed by atoms with E-state index in [0.717, 1.165) is 0 Å². The van der Waals surface area contributed by atoms with Crippen LogP contribution in [0, 0.1) is 0 Å². The van der Waals surface area contributed by atoms with E-state index in [2.05, 4.69) is 0 Å². The Hall–Kier alpha value is 4.64. The van der Waals surface area contributed by atoms with Gasteiger partial charge in [0.15, 0.2) is 0 Å². The summed E-state index contributed by atoms with van der Waals surface area (Å²) < 4.78 is 25.6. The van der Waals surface area contributed by atoms with Gasteiger partial charge in [0.05, 0.1) is 0 Å². The van der Waals surface area contributed by atoms with E-state index in [4.69, 9.17) is 57.7 Å². The van der Waals surface area contributed by atoms with Gasteiger partial charge in [-0.1, -0.05) is 0 Å². The van der Waals surface area contributed by atoms with Crippen molar-refractivity contribution in [1.29, 1.82) is 0 Å². The zero-order valence-electron chi connectivity index (χ0n) is 8.94. The average molecular weight is 432 g/mol. The molecule has 96 valence electrons. The van der Waals surface area contributed by atoms with Crippen LogP contribution in [0.15, 0.2) is 0 Å². The minimum Gasteiger partial charge on any atom is -0.822 e. The van der Waals surface area contributed by atoms with Crippen LogP contribution in [0.5, 0.6) is 0 Å². The summed E-state index contributed by atoms with van der Waals surface area (Å²) in [6.45, 7) is 0. The van der Waals surface area contributed by atoms with Crippen molar-refractivity contribution in [2.24, 2.45) is 0 Å². The van der Waals surface area contributed by atoms with Crippen LogP contribution in [0.2, 0.25) is 0 Å². The van der Waals surface area contributed by atoms with Gasteiger partial charge in [-0.2, -0.15) is 23.5 Å². The van der Waals surface area contributed by atoms with Crippen LogP contribution in [0.25, 0.3) is 0 Å². The van der Waals surface area contributed by atoms with Gasteiger partial charge in [-0.05, 0) is 0 Å². The van der Waals surface area contributed by atoms with Crippen LogP contribution in [-0.2, 0) is 13.7 Å². The monoisotopic (exact) mass is 432 g/mol. The van der Waals surface area contributed by atoms with Gasteiger partial charge in [-0.25, -0.2) is 0 Å². The molecule has 0 aromatic carbocycles. The molecule has 12 nitrogen and oxygen atoms in total. The molecule has 0 aliphatic rings. The number of hydrogen-bond donors (Lipinski definition) is 0. The molecule has 0 saturated heterocycles. The third-order valence-corrected chi connectivity index (χ3v) is 0. The first kappa shape index (κ1) is 43.8. The van der Waals surface area contributed by atoms with Gasteiger partial charge in [-0.3, -0.25) is 0 Å². The molecule has 0 fully saturated rings. The van der Waals surface area contributed by atoms with Crippen molar-refractivity contribution in [1.82, 2.24) is 0 Å². The second-order valence-corrected chi connectivity index (χ2v) is 4.02. The molecule has 0 radical (unpaired) electrons. The molecule has 0 spiro atoms. The summed E-state index contributed by atoms with van der Waals surface area (Å²) in [5.74, 6) is 0. The first-order chi connectivity index (χ1) is 6.00. The molecule has 0 aromatic heterocycles. The fourth-order valence-electron chi connectivity index (χ4n) is 0. The molecule has 0 atom stereocenters. The molecule has 0 saturated carbocycles. The van der Waals surface area contributed by atoms with Crippen LogP contribution in [0.4, 0.5) is 0 Å². The van der Waals surface area contributed by atoms with Crippen molar-refractivity contribution < 1.29 is 57.7 Å². The van der Waals surface area contributed by atoms with E-state index < -0.39 is 23.5 Å². The van der Waals surface area contributed by atoms with Gasteiger partial charge in [0.1, 0.15) is 0 Å². The molecular formula is AlCa3O12P3. The molecular weight excluding hydrogens is 432 g/mol. The maximum absolute atomic E-state index is 8.55. The van der Waals surface area contributed by atoms with Crippen LogP contribution in [0.3, 0.4) is 0 Å². The first-order valence-electron chi connectivity index (χ1n) is 2.19. The average Bonchev–Trinajstić information content (AvgIpc) is 1.41. The first-order valence-corrected chi connectivity index (χ1v) is 6.57. The Morgan fingerprint density at radius 3 is 0.421 bits per heavy atom. The van der Waals surface area contributed by atoms with Crippen molar-refractivity contribution in [2.75, 3.05) is 0 Å². The zero-order valence-corrected chi connectivity index (χ0v) is 19.4. The Morgan fingerprint density at radius 2 is 0.421 bits per heavy atom. The maximum atomic E-state index is 8.55. The Bertz CT molecular complexity index is 214. The van der Waals surface area contributed by atoms with Crippen LogP contribution < -0.4 is 44.0 Å². The molecule has 0 heterocycles. The van der Waals surface area contributed by atoms with Crippen molar-refractivity contribution in [3.05, 3.63) is 0 Å². The van der Waals surface area contributed by atoms with E-state index in [0.29, 0.717) is 0 Å². The quantitative estimate of drug-likeness (QED) is 0.255. The molecule has 19 heavy (non-hydrogen) atoms. The van der Waals surface area contributed by atoms with Crippen LogP contribution in [0.1, 0.15) is 0 Å². The molecule has 0 N–H and O–H groups in total. The summed E-state index contributed by atoms with van der Waals surface area (Å²) >= 11 is 0. The zero-order chi connectivity index (χ0) is 13.5. The molecule has 0 amide bonds. The van der Waals surface area contributed by atoms with Gasteiger partial charge in [0.2, 0.25) is 0 Å². The Labute approximate surface area is 207 Å². The Kier molecular flexibility index (Phi) is 47.6. The Balaban J connectivity index is -0.0000000206. The predicted octanol–water partition coefficient (Wildman–Crippen LogP) is -10.00. The molecule has 0 aliphatic carbocycles. The fraction of sp³-hybridized carbons (Fsp3) is 0. The molecule has 0 unspecified atom stereocenters. The van der Waals surface area contributed by atoms with Crippen molar-refractivity contribution in [3.63, 3.8) is 0 Å². The fourth-order valence-corrected chi connectivity index (χ4v) is 0. The smallest absolute Gasteiger partial charge is 0.822 e. The Morgan fingerprint density at radius 1 is 0.421 bits per heavy atom. The van der Waals surface area contributed by atoms with Gasteiger partial charge >= 0.3 is 131 Å². The minimum atomic E-state index is -5.39. The van der Waals surface area contributed by atoms with Crippen molar-refractivity contribution in [3.8, 4) is 0 Å². The summed E-state index contributed by atoms with van der Waals surface area (Å²) in [6, 6.07) is 0. The van der Waals surface area contributed by atoms with Crippen molar-refractivity contribution in [2.45, 2.75) is 0 Å². The van der Waals surface area contributed by atoms with Gasteiger partial charge in [0, 0.05) is 0 Å². The maximum Gasteiger partial charge on any atom is 3.00 e. The third-order valence-electron chi connectivity index (χ3n) is 0. The minimum absolute atomic E-state index is 0. The van der Waals surface area contributed by atoms with E-state index in [1.165, 1.54) is 0 Å². The van der Waals surface area contributed by atoms with Crippen LogP contribution in [-0.4, -0.2) is 131 Å². The second-order valence-electron chi connectivity index (χ2n) is 1.34. The number of hydrogen-bond acceptors (Lipinski definition) is 12. The van der Waals surface area contributed by atoms with Crippen molar-refractivity contribution >= 4 is 154 Å². The molecule has 0 bridgehead atoms. The summed E-state index contributed by atoms with van der Waals surface area (Å²) in [5, 5.41) is 0. The SMILES string of the molecule is O=P([O-])([O-])[O-].O=P([O-])([O-])[O-].O=P([O-])([O-])[O-].[Al+3].[Ca+2].[Ca+2].[Ca+2]. The summed E-state index contributed by atoms with van der Waals surface area (Å²) in [6.07, 6.45) is 0. The van der Waals surface area contributed by atoms with Gasteiger partial charge in [-0.15, -0.1) is 0 Å². The largest absolute Gasteiger partial charge is 3.00 e. The summed E-state index contributed by atoms with van der Waals surface area (Å²) in [7, 11) is -16.2. The summed E-state index contributed by atoms with van der Waals surface area (Å²) in [4.78, 5) is 76.9. The second kappa shape index (κ2) is 20.7. The normalized spacial score (nSPS) is 9.32. The van der Waals surface area contributed by atoms with E-state index in [-0.39, 0.29) is 131 Å². The van der Waals surface area contributed by atoms with Gasteiger partial charge < -0.3 is 57.7 Å². The van der Waals surface area contributed by atoms with Gasteiger partial charge in [0.25, 0.3) is 0 Å². The van der Waals surface area contributed by atoms with E-state index in [1.54, 1.807) is 0 Å². The van der Waals surface area contributed by atoms with Crippen LogP contribution >= 0.6 is 23.5 Å². The topological polar surface area (TPSA) is 259 Å². The summed E-state index contributed by atoms with van der Waals surface area (Å²) in [5.41, 5.74) is 0. The molecule has 19 heteroatoms. The predicted molar refractivity (Wildman–Crippen MR) is 45.8 cm³/mol. The molecule has 0 rings (SSSR count). The standard InChI is InChI=1S/Al.3Ca.3H3O4P/c;;;;3*1-5(2,3)4/h;;;;3*(H3,1,2,3,4)/q+3;3*+2;;;/p-9. The number of phosphoric acid groups is 3. The number of rotatable bonds is 0.